The van der Waals surface area contributed by atoms with E-state index in [1.807, 2.05) is 36.4 Å². The number of nitrogens with two attached hydrogens (primary N) is 1. The molecule has 10 heteroatoms. The summed E-state index contributed by atoms with van der Waals surface area (Å²) in [6.07, 6.45) is 0. The van der Waals surface area contributed by atoms with Crippen LogP contribution in [0, 0.1) is 5.92 Å². The average molecular weight is 674 g/mol. The smallest absolute Gasteiger partial charge is 0.258 e. The van der Waals surface area contributed by atoms with Crippen LogP contribution in [0.2, 0.25) is 0 Å². The number of fused-ring (bicyclic) bond motifs is 2. The van der Waals surface area contributed by atoms with Crippen molar-refractivity contribution in [1.29, 1.82) is 0 Å². The third kappa shape index (κ3) is 5.93. The Labute approximate surface area is 271 Å². The normalized spacial score (nSPS) is 16.6. The van der Waals surface area contributed by atoms with E-state index in [9.17, 15) is 19.5 Å². The second-order valence-electron chi connectivity index (χ2n) is 11.9. The van der Waals surface area contributed by atoms with Crippen molar-refractivity contribution in [2.24, 2.45) is 11.7 Å². The van der Waals surface area contributed by atoms with Crippen LogP contribution in [0.15, 0.2) is 83.3 Å². The first kappa shape index (κ1) is 32.2. The molecule has 0 saturated carbocycles. The van der Waals surface area contributed by atoms with Gasteiger partial charge in [-0.3, -0.25) is 14.4 Å². The van der Waals surface area contributed by atoms with Crippen LogP contribution in [0.3, 0.4) is 0 Å². The predicted octanol–water partition coefficient (Wildman–Crippen LogP) is 5.11. The lowest BCUT2D eigenvalue weighted by Gasteiger charge is -2.36. The Balaban J connectivity index is 1.70. The van der Waals surface area contributed by atoms with Gasteiger partial charge in [0.25, 0.3) is 5.91 Å². The molecule has 4 N–H and O–H groups in total. The number of methoxy groups -OCH3 is 1. The molecule has 3 amide bonds. The Hall–Kier alpha value is -4.25. The number of hydrogen-bond acceptors (Lipinski definition) is 6. The van der Waals surface area contributed by atoms with Crippen molar-refractivity contribution in [3.63, 3.8) is 0 Å². The molecule has 1 heterocycles. The van der Waals surface area contributed by atoms with E-state index in [0.29, 0.717) is 28.3 Å². The van der Waals surface area contributed by atoms with Crippen LogP contribution in [-0.2, 0) is 21.7 Å². The maximum absolute atomic E-state index is 14.7. The summed E-state index contributed by atoms with van der Waals surface area (Å²) in [5, 5.41) is 15.3. The minimum atomic E-state index is -1.49. The number of rotatable bonds is 8. The van der Waals surface area contributed by atoms with Crippen LogP contribution in [0.1, 0.15) is 42.3 Å². The fourth-order valence-electron chi connectivity index (χ4n) is 5.87. The lowest BCUT2D eigenvalue weighted by atomic mass is 9.83. The van der Waals surface area contributed by atoms with Gasteiger partial charge in [-0.05, 0) is 86.6 Å². The number of anilines is 2. The fourth-order valence-corrected chi connectivity index (χ4v) is 6.25. The Bertz CT molecular complexity index is 1790. The molecule has 0 radical (unpaired) electrons. The van der Waals surface area contributed by atoms with Crippen LogP contribution in [-0.4, -0.2) is 49.1 Å². The topological polar surface area (TPSA) is 125 Å². The number of para-hydroxylation sites is 2. The highest BCUT2D eigenvalue weighted by molar-refractivity contribution is 9.10. The zero-order valence-corrected chi connectivity index (χ0v) is 27.5. The Kier molecular flexibility index (Phi) is 8.77. The molecule has 9 nitrogen and oxygen atoms in total. The van der Waals surface area contributed by atoms with E-state index in [4.69, 9.17) is 10.5 Å². The van der Waals surface area contributed by atoms with Gasteiger partial charge in [-0.15, -0.1) is 0 Å². The first-order valence-corrected chi connectivity index (χ1v) is 15.4. The van der Waals surface area contributed by atoms with E-state index in [1.165, 1.54) is 4.90 Å². The first-order valence-electron chi connectivity index (χ1n) is 14.6. The number of halogens is 1. The maximum atomic E-state index is 14.7. The van der Waals surface area contributed by atoms with Gasteiger partial charge in [-0.1, -0.05) is 52.3 Å². The van der Waals surface area contributed by atoms with E-state index in [0.717, 1.165) is 20.8 Å². The lowest BCUT2D eigenvalue weighted by molar-refractivity contribution is -0.133. The van der Waals surface area contributed by atoms with Gasteiger partial charge < -0.3 is 30.7 Å². The van der Waals surface area contributed by atoms with Gasteiger partial charge in [0.05, 0.1) is 36.5 Å². The summed E-state index contributed by atoms with van der Waals surface area (Å²) in [6.45, 7) is 4.92. The van der Waals surface area contributed by atoms with E-state index < -0.39 is 23.0 Å². The Morgan fingerprint density at radius 1 is 1.02 bits per heavy atom. The molecule has 0 aromatic heterocycles. The van der Waals surface area contributed by atoms with Crippen LogP contribution >= 0.6 is 15.9 Å². The van der Waals surface area contributed by atoms with Crippen molar-refractivity contribution < 1.29 is 24.2 Å². The maximum Gasteiger partial charge on any atom is 0.258 e. The molecule has 2 atom stereocenters. The number of amides is 3. The summed E-state index contributed by atoms with van der Waals surface area (Å²) in [4.78, 5) is 45.1. The number of carbonyl (C=O) groups excluding carboxylic acids is 3. The van der Waals surface area contributed by atoms with Crippen molar-refractivity contribution in [2.75, 3.05) is 30.5 Å². The SMILES string of the molecule is CNC(C)(C(N)=O)[C@@H]1CN(C(=O)c2ccc(C(C)(C)O)cc2)c2ccccc2N(Cc2c(OC)ccc3cc(Br)ccc23)C1=O. The zero-order valence-electron chi connectivity index (χ0n) is 25.9. The van der Waals surface area contributed by atoms with Crippen molar-refractivity contribution in [1.82, 2.24) is 5.32 Å². The number of likely N-dealkylation sites (N-methyl/N-ethyl adjacent to an activating group) is 1. The van der Waals surface area contributed by atoms with Crippen molar-refractivity contribution in [3.05, 3.63) is 100 Å². The molecular formula is C35H37BrN4O5. The fraction of sp³-hybridized carbons (Fsp3) is 0.286. The molecule has 0 aliphatic carbocycles. The number of ether oxygens (including phenoxy) is 1. The van der Waals surface area contributed by atoms with Crippen LogP contribution in [0.4, 0.5) is 11.4 Å². The summed E-state index contributed by atoms with van der Waals surface area (Å²) in [6, 6.07) is 23.6. The second-order valence-corrected chi connectivity index (χ2v) is 12.9. The highest BCUT2D eigenvalue weighted by Crippen LogP contribution is 2.40. The average Bonchev–Trinajstić information content (AvgIpc) is 3.14. The van der Waals surface area contributed by atoms with Crippen molar-refractivity contribution in [2.45, 2.75) is 38.5 Å². The Morgan fingerprint density at radius 2 is 1.69 bits per heavy atom. The molecule has 4 aromatic rings. The van der Waals surface area contributed by atoms with Gasteiger partial charge in [0.1, 0.15) is 11.3 Å². The summed E-state index contributed by atoms with van der Waals surface area (Å²) in [7, 11) is 3.16. The quantitative estimate of drug-likeness (QED) is 0.239. The minimum absolute atomic E-state index is 0.107. The molecule has 1 aliphatic rings. The molecule has 5 rings (SSSR count). The van der Waals surface area contributed by atoms with E-state index in [-0.39, 0.29) is 24.9 Å². The molecule has 0 saturated heterocycles. The van der Waals surface area contributed by atoms with Crippen LogP contribution < -0.4 is 25.6 Å². The number of nitrogens with one attached hydrogen (secondary N) is 1. The van der Waals surface area contributed by atoms with Crippen molar-refractivity contribution >= 4 is 55.8 Å². The molecule has 0 fully saturated rings. The lowest BCUT2D eigenvalue weighted by Crippen LogP contribution is -2.63. The standard InChI is InChI=1S/C35H37BrN4O5/c1-34(2,44)23-13-10-21(11-14-23)31(41)40-20-27(35(3,38-4)33(37)43)32(42)39(28-8-6-7-9-29(28)40)19-26-25-16-15-24(36)18-22(25)12-17-30(26)45-5/h6-18,27,38,44H,19-20H2,1-5H3,(H2,37,43)/t27-,35?/m1/s1. The molecule has 234 valence electrons. The van der Waals surface area contributed by atoms with Crippen molar-refractivity contribution in [3.8, 4) is 5.75 Å². The van der Waals surface area contributed by atoms with E-state index >= 15 is 0 Å². The summed E-state index contributed by atoms with van der Waals surface area (Å²) in [5.41, 5.74) is 6.17. The highest BCUT2D eigenvalue weighted by Gasteiger charge is 2.49. The zero-order chi connectivity index (χ0) is 32.7. The van der Waals surface area contributed by atoms with E-state index in [2.05, 4.69) is 21.2 Å². The van der Waals surface area contributed by atoms with Crippen LogP contribution in [0.5, 0.6) is 5.75 Å². The highest BCUT2D eigenvalue weighted by atomic mass is 79.9. The van der Waals surface area contributed by atoms with Gasteiger partial charge >= 0.3 is 0 Å². The van der Waals surface area contributed by atoms with Gasteiger partial charge in [0, 0.05) is 22.1 Å². The monoisotopic (exact) mass is 672 g/mol. The second kappa shape index (κ2) is 12.3. The largest absolute Gasteiger partial charge is 0.496 e. The predicted molar refractivity (Wildman–Crippen MR) is 179 cm³/mol. The molecule has 45 heavy (non-hydrogen) atoms. The summed E-state index contributed by atoms with van der Waals surface area (Å²) in [5.74, 6) is -1.91. The first-order chi connectivity index (χ1) is 21.3. The molecule has 1 aliphatic heterocycles. The number of aliphatic hydroxyl groups is 1. The third-order valence-electron chi connectivity index (χ3n) is 8.79. The minimum Gasteiger partial charge on any atom is -0.496 e. The number of nitrogens with zero attached hydrogens (tertiary/aromatic N) is 2. The van der Waals surface area contributed by atoms with Gasteiger partial charge in [-0.25, -0.2) is 0 Å². The molecule has 0 bridgehead atoms. The number of hydrogen-bond donors (Lipinski definition) is 3. The summed E-state index contributed by atoms with van der Waals surface area (Å²) >= 11 is 3.54. The molecular weight excluding hydrogens is 636 g/mol. The van der Waals surface area contributed by atoms with Gasteiger partial charge in [0.2, 0.25) is 11.8 Å². The van der Waals surface area contributed by atoms with Gasteiger partial charge in [-0.2, -0.15) is 0 Å². The number of benzene rings is 4. The molecule has 1 unspecified atom stereocenters. The van der Waals surface area contributed by atoms with E-state index in [1.54, 1.807) is 82.3 Å². The Morgan fingerprint density at radius 3 is 2.29 bits per heavy atom. The molecule has 0 spiro atoms. The number of primary amides is 1. The van der Waals surface area contributed by atoms with Gasteiger partial charge in [0.15, 0.2) is 0 Å². The van der Waals surface area contributed by atoms with Crippen LogP contribution in [0.25, 0.3) is 10.8 Å². The third-order valence-corrected chi connectivity index (χ3v) is 9.28. The molecule has 4 aromatic carbocycles. The number of carbonyl (C=O) groups is 3. The summed E-state index contributed by atoms with van der Waals surface area (Å²) < 4.78 is 6.68.